The third kappa shape index (κ3) is 6.19. The van der Waals surface area contributed by atoms with Crippen LogP contribution in [0.15, 0.2) is 29.2 Å². The predicted octanol–water partition coefficient (Wildman–Crippen LogP) is 2.34. The minimum atomic E-state index is -3.73. The van der Waals surface area contributed by atoms with Crippen molar-refractivity contribution < 1.29 is 22.7 Å². The van der Waals surface area contributed by atoms with Crippen LogP contribution in [0.5, 0.6) is 0 Å². The topological polar surface area (TPSA) is 92.8 Å². The summed E-state index contributed by atoms with van der Waals surface area (Å²) >= 11 is 5.73. The molecule has 2 rings (SSSR count). The summed E-state index contributed by atoms with van der Waals surface area (Å²) < 4.78 is 31.5. The highest BCUT2D eigenvalue weighted by Crippen LogP contribution is 2.22. The molecule has 0 saturated carbocycles. The zero-order chi connectivity index (χ0) is 20.0. The number of esters is 1. The molecule has 1 amide bonds. The minimum Gasteiger partial charge on any atom is -0.456 e. The second kappa shape index (κ2) is 9.52. The molecule has 0 aromatic heterocycles. The molecule has 1 aromatic rings. The van der Waals surface area contributed by atoms with Gasteiger partial charge in [-0.3, -0.25) is 9.59 Å². The van der Waals surface area contributed by atoms with Crippen LogP contribution in [-0.4, -0.2) is 50.4 Å². The summed E-state index contributed by atoms with van der Waals surface area (Å²) in [6, 6.07) is 5.96. The lowest BCUT2D eigenvalue weighted by Crippen LogP contribution is -2.49. The maximum absolute atomic E-state index is 12.3. The van der Waals surface area contributed by atoms with Gasteiger partial charge in [-0.05, 0) is 57.4 Å². The number of carbonyl (C=O) groups excluding carboxylic acids is 2. The molecule has 0 radical (unpaired) electrons. The summed E-state index contributed by atoms with van der Waals surface area (Å²) in [6.07, 6.45) is 2.80. The smallest absolute Gasteiger partial charge is 0.307 e. The molecular formula is C18H25ClN2O5S. The van der Waals surface area contributed by atoms with E-state index in [2.05, 4.69) is 4.72 Å². The number of piperidine rings is 1. The Labute approximate surface area is 165 Å². The van der Waals surface area contributed by atoms with Gasteiger partial charge in [0.15, 0.2) is 6.61 Å². The number of amides is 1. The first kappa shape index (κ1) is 21.7. The maximum Gasteiger partial charge on any atom is 0.307 e. The van der Waals surface area contributed by atoms with Crippen molar-refractivity contribution in [3.8, 4) is 0 Å². The molecule has 1 aliphatic heterocycles. The van der Waals surface area contributed by atoms with E-state index in [1.54, 1.807) is 4.90 Å². The summed E-state index contributed by atoms with van der Waals surface area (Å²) in [5, 5.41) is 0.430. The molecule has 27 heavy (non-hydrogen) atoms. The zero-order valence-electron chi connectivity index (χ0n) is 15.5. The maximum atomic E-state index is 12.3. The van der Waals surface area contributed by atoms with Crippen LogP contribution in [0.25, 0.3) is 0 Å². The Bertz CT molecular complexity index is 756. The van der Waals surface area contributed by atoms with Crippen LogP contribution in [0.3, 0.4) is 0 Å². The van der Waals surface area contributed by atoms with Crippen LogP contribution in [0.4, 0.5) is 0 Å². The molecule has 150 valence electrons. The van der Waals surface area contributed by atoms with Gasteiger partial charge < -0.3 is 9.64 Å². The second-order valence-electron chi connectivity index (χ2n) is 6.69. The van der Waals surface area contributed by atoms with Gasteiger partial charge in [0.05, 0.1) is 11.3 Å². The van der Waals surface area contributed by atoms with Crippen molar-refractivity contribution in [1.29, 1.82) is 0 Å². The van der Waals surface area contributed by atoms with Crippen molar-refractivity contribution in [2.75, 3.05) is 13.2 Å². The van der Waals surface area contributed by atoms with Crippen molar-refractivity contribution >= 4 is 33.5 Å². The minimum absolute atomic E-state index is 0.0588. The third-order valence-corrected chi connectivity index (χ3v) is 6.31. The van der Waals surface area contributed by atoms with Crippen molar-refractivity contribution in [1.82, 2.24) is 9.62 Å². The van der Waals surface area contributed by atoms with E-state index >= 15 is 0 Å². The number of rotatable bonds is 7. The van der Waals surface area contributed by atoms with Crippen LogP contribution in [-0.2, 0) is 24.3 Å². The number of nitrogens with one attached hydrogen (secondary N) is 1. The fourth-order valence-electron chi connectivity index (χ4n) is 3.19. The highest BCUT2D eigenvalue weighted by atomic mass is 35.5. The quantitative estimate of drug-likeness (QED) is 0.688. The molecule has 0 bridgehead atoms. The van der Waals surface area contributed by atoms with Gasteiger partial charge >= 0.3 is 5.97 Å². The molecular weight excluding hydrogens is 392 g/mol. The lowest BCUT2D eigenvalue weighted by Gasteiger charge is -2.38. The van der Waals surface area contributed by atoms with Crippen LogP contribution in [0.2, 0.25) is 5.02 Å². The fourth-order valence-corrected chi connectivity index (χ4v) is 4.34. The zero-order valence-corrected chi connectivity index (χ0v) is 17.1. The Hall–Kier alpha value is -1.64. The number of ether oxygens (including phenoxy) is 1. The van der Waals surface area contributed by atoms with Crippen LogP contribution in [0, 0.1) is 0 Å². The number of hydrogen-bond donors (Lipinski definition) is 1. The first-order chi connectivity index (χ1) is 12.7. The number of likely N-dealkylation sites (tertiary alicyclic amines) is 1. The Morgan fingerprint density at radius 3 is 2.37 bits per heavy atom. The number of nitrogens with zero attached hydrogens (tertiary/aromatic N) is 1. The number of halogens is 1. The van der Waals surface area contributed by atoms with Gasteiger partial charge in [-0.2, -0.15) is 0 Å². The molecule has 0 aliphatic carbocycles. The Morgan fingerprint density at radius 2 is 1.78 bits per heavy atom. The number of hydrogen-bond acceptors (Lipinski definition) is 5. The van der Waals surface area contributed by atoms with Gasteiger partial charge in [-0.1, -0.05) is 11.6 Å². The molecule has 1 heterocycles. The highest BCUT2D eigenvalue weighted by molar-refractivity contribution is 7.89. The van der Waals surface area contributed by atoms with E-state index < -0.39 is 16.0 Å². The summed E-state index contributed by atoms with van der Waals surface area (Å²) in [5.41, 5.74) is 0. The number of sulfonamides is 1. The normalized spacial score (nSPS) is 20.3. The average Bonchev–Trinajstić information content (AvgIpc) is 2.60. The first-order valence-corrected chi connectivity index (χ1v) is 10.8. The number of carbonyl (C=O) groups is 2. The van der Waals surface area contributed by atoms with Crippen LogP contribution < -0.4 is 4.72 Å². The van der Waals surface area contributed by atoms with Gasteiger partial charge in [-0.15, -0.1) is 0 Å². The van der Waals surface area contributed by atoms with Crippen molar-refractivity contribution in [3.63, 3.8) is 0 Å². The van der Waals surface area contributed by atoms with E-state index in [1.807, 2.05) is 13.8 Å². The molecule has 1 saturated heterocycles. The van der Waals surface area contributed by atoms with E-state index in [9.17, 15) is 18.0 Å². The van der Waals surface area contributed by atoms with E-state index in [0.29, 0.717) is 5.02 Å². The molecule has 1 N–H and O–H groups in total. The monoisotopic (exact) mass is 416 g/mol. The molecule has 9 heteroatoms. The molecule has 7 nitrogen and oxygen atoms in total. The Kier molecular flexibility index (Phi) is 7.64. The van der Waals surface area contributed by atoms with Gasteiger partial charge in [0.25, 0.3) is 5.91 Å². The molecule has 1 fully saturated rings. The Morgan fingerprint density at radius 1 is 1.19 bits per heavy atom. The second-order valence-corrected chi connectivity index (χ2v) is 8.90. The summed E-state index contributed by atoms with van der Waals surface area (Å²) in [5.74, 6) is -0.843. The Balaban J connectivity index is 1.76. The van der Waals surface area contributed by atoms with E-state index in [1.165, 1.54) is 24.3 Å². The highest BCUT2D eigenvalue weighted by Gasteiger charge is 2.29. The van der Waals surface area contributed by atoms with Crippen molar-refractivity contribution in [2.24, 2.45) is 0 Å². The molecule has 1 aromatic carbocycles. The van der Waals surface area contributed by atoms with Gasteiger partial charge in [0.2, 0.25) is 10.0 Å². The fraction of sp³-hybridized carbons (Fsp3) is 0.556. The predicted molar refractivity (Wildman–Crippen MR) is 102 cm³/mol. The summed E-state index contributed by atoms with van der Waals surface area (Å²) in [4.78, 5) is 25.9. The van der Waals surface area contributed by atoms with E-state index in [0.717, 1.165) is 19.3 Å². The van der Waals surface area contributed by atoms with E-state index in [-0.39, 0.29) is 42.5 Å². The largest absolute Gasteiger partial charge is 0.456 e. The molecule has 0 spiro atoms. The molecule has 2 atom stereocenters. The summed E-state index contributed by atoms with van der Waals surface area (Å²) in [6.45, 7) is 3.54. The number of benzene rings is 1. The van der Waals surface area contributed by atoms with Crippen molar-refractivity contribution in [3.05, 3.63) is 29.3 Å². The molecule has 0 unspecified atom stereocenters. The SMILES string of the molecule is C[C@H]1CCC[C@H](C)N1C(=O)COC(=O)CCNS(=O)(=O)c1ccc(Cl)cc1. The van der Waals surface area contributed by atoms with Crippen molar-refractivity contribution in [2.45, 2.75) is 56.5 Å². The average molecular weight is 417 g/mol. The van der Waals surface area contributed by atoms with Crippen LogP contribution >= 0.6 is 11.6 Å². The van der Waals surface area contributed by atoms with Gasteiger partial charge in [-0.25, -0.2) is 13.1 Å². The lowest BCUT2D eigenvalue weighted by atomic mass is 9.97. The lowest BCUT2D eigenvalue weighted by molar-refractivity contribution is -0.154. The first-order valence-electron chi connectivity index (χ1n) is 8.92. The molecule has 1 aliphatic rings. The third-order valence-electron chi connectivity index (χ3n) is 4.58. The van der Waals surface area contributed by atoms with Gasteiger partial charge in [0, 0.05) is 23.7 Å². The standard InChI is InChI=1S/C18H25ClN2O5S/c1-13-4-3-5-14(2)21(13)17(22)12-26-18(23)10-11-20-27(24,25)16-8-6-15(19)7-9-16/h6-9,13-14,20H,3-5,10-12H2,1-2H3/t13-,14-/m0/s1. The van der Waals surface area contributed by atoms with Gasteiger partial charge in [0.1, 0.15) is 0 Å². The van der Waals surface area contributed by atoms with E-state index in [4.69, 9.17) is 16.3 Å². The summed E-state index contributed by atoms with van der Waals surface area (Å²) in [7, 11) is -3.73. The van der Waals surface area contributed by atoms with Crippen LogP contribution in [0.1, 0.15) is 39.5 Å².